The Morgan fingerprint density at radius 1 is 1.60 bits per heavy atom. The van der Waals surface area contributed by atoms with E-state index >= 15 is 0 Å². The fourth-order valence-corrected chi connectivity index (χ4v) is 3.66. The van der Waals surface area contributed by atoms with Gasteiger partial charge in [0.05, 0.1) is 5.69 Å². The van der Waals surface area contributed by atoms with Gasteiger partial charge in [0.25, 0.3) is 0 Å². The van der Waals surface area contributed by atoms with Crippen molar-refractivity contribution in [1.82, 2.24) is 4.98 Å². The number of hydrogen-bond donors (Lipinski definition) is 1. The van der Waals surface area contributed by atoms with E-state index in [1.54, 1.807) is 11.3 Å². The summed E-state index contributed by atoms with van der Waals surface area (Å²) >= 11 is 3.74. The van der Waals surface area contributed by atoms with E-state index in [0.717, 1.165) is 16.8 Å². The number of aryl methyl sites for hydroxylation is 1. The monoisotopic (exact) mass is 242 g/mol. The van der Waals surface area contributed by atoms with Gasteiger partial charge >= 0.3 is 0 Å². The molecule has 84 valence electrons. The lowest BCUT2D eigenvalue weighted by molar-refractivity contribution is 0.755. The zero-order valence-corrected chi connectivity index (χ0v) is 11.0. The van der Waals surface area contributed by atoms with Crippen LogP contribution < -0.4 is 5.32 Å². The van der Waals surface area contributed by atoms with Crippen LogP contribution in [0.3, 0.4) is 0 Å². The second-order valence-electron chi connectivity index (χ2n) is 4.01. The van der Waals surface area contributed by atoms with E-state index in [1.165, 1.54) is 25.0 Å². The zero-order chi connectivity index (χ0) is 10.7. The highest BCUT2D eigenvalue weighted by Gasteiger charge is 2.24. The summed E-state index contributed by atoms with van der Waals surface area (Å²) in [6.07, 6.45) is 7.20. The molecule has 1 heterocycles. The number of aromatic nitrogens is 1. The van der Waals surface area contributed by atoms with Crippen molar-refractivity contribution in [2.75, 3.05) is 11.6 Å². The van der Waals surface area contributed by atoms with Gasteiger partial charge in [0, 0.05) is 16.7 Å². The van der Waals surface area contributed by atoms with Crippen molar-refractivity contribution in [3.8, 4) is 0 Å². The van der Waals surface area contributed by atoms with Crippen LogP contribution >= 0.6 is 23.1 Å². The molecule has 1 aromatic heterocycles. The fraction of sp³-hybridized carbons (Fsp3) is 0.727. The molecule has 1 aromatic rings. The molecule has 0 saturated heterocycles. The first kappa shape index (κ1) is 11.3. The predicted molar refractivity (Wildman–Crippen MR) is 70.1 cm³/mol. The molecule has 1 saturated carbocycles. The zero-order valence-electron chi connectivity index (χ0n) is 9.32. The molecule has 2 atom stereocenters. The van der Waals surface area contributed by atoms with Crippen LogP contribution in [0.25, 0.3) is 0 Å². The van der Waals surface area contributed by atoms with Crippen LogP contribution in [0.2, 0.25) is 0 Å². The third kappa shape index (κ3) is 2.88. The highest BCUT2D eigenvalue weighted by molar-refractivity contribution is 7.99. The van der Waals surface area contributed by atoms with Crippen LogP contribution in [0.15, 0.2) is 5.38 Å². The number of hydrogen-bond acceptors (Lipinski definition) is 4. The highest BCUT2D eigenvalue weighted by Crippen LogP contribution is 2.30. The van der Waals surface area contributed by atoms with Gasteiger partial charge in [-0.3, -0.25) is 0 Å². The number of thiazole rings is 1. The van der Waals surface area contributed by atoms with Crippen molar-refractivity contribution in [1.29, 1.82) is 0 Å². The molecule has 2 unspecified atom stereocenters. The van der Waals surface area contributed by atoms with E-state index in [4.69, 9.17) is 0 Å². The second-order valence-corrected chi connectivity index (χ2v) is 6.01. The quantitative estimate of drug-likeness (QED) is 0.876. The van der Waals surface area contributed by atoms with E-state index in [1.807, 2.05) is 11.8 Å². The lowest BCUT2D eigenvalue weighted by Crippen LogP contribution is -2.15. The Hall–Kier alpha value is -0.220. The van der Waals surface area contributed by atoms with Crippen LogP contribution in [-0.4, -0.2) is 22.5 Å². The maximum absolute atomic E-state index is 4.54. The summed E-state index contributed by atoms with van der Waals surface area (Å²) in [5.41, 5.74) is 1.21. The van der Waals surface area contributed by atoms with Crippen LogP contribution in [0, 0.1) is 0 Å². The smallest absolute Gasteiger partial charge is 0.183 e. The Bertz CT molecular complexity index is 311. The average Bonchev–Trinajstić information content (AvgIpc) is 2.87. The molecular weight excluding hydrogens is 224 g/mol. The summed E-state index contributed by atoms with van der Waals surface area (Å²) in [6.45, 7) is 2.15. The van der Waals surface area contributed by atoms with Crippen molar-refractivity contribution < 1.29 is 0 Å². The Kier molecular flexibility index (Phi) is 3.92. The molecule has 0 aromatic carbocycles. The van der Waals surface area contributed by atoms with Gasteiger partial charge in [-0.2, -0.15) is 11.8 Å². The molecule has 0 spiro atoms. The normalized spacial score (nSPS) is 25.7. The average molecular weight is 242 g/mol. The lowest BCUT2D eigenvalue weighted by Gasteiger charge is -2.10. The lowest BCUT2D eigenvalue weighted by atomic mass is 10.3. The van der Waals surface area contributed by atoms with Crippen molar-refractivity contribution in [3.63, 3.8) is 0 Å². The van der Waals surface area contributed by atoms with Gasteiger partial charge < -0.3 is 5.32 Å². The first-order chi connectivity index (χ1) is 7.31. The molecule has 1 N–H and O–H groups in total. The molecule has 1 fully saturated rings. The summed E-state index contributed by atoms with van der Waals surface area (Å²) in [5.74, 6) is 0. The topological polar surface area (TPSA) is 24.9 Å². The van der Waals surface area contributed by atoms with Crippen molar-refractivity contribution in [3.05, 3.63) is 11.1 Å². The summed E-state index contributed by atoms with van der Waals surface area (Å²) < 4.78 is 0. The molecule has 4 heteroatoms. The summed E-state index contributed by atoms with van der Waals surface area (Å²) in [5, 5.41) is 7.67. The van der Waals surface area contributed by atoms with Gasteiger partial charge in [-0.1, -0.05) is 6.92 Å². The molecular formula is C11H18N2S2. The Balaban J connectivity index is 1.87. The van der Waals surface area contributed by atoms with E-state index in [2.05, 4.69) is 28.9 Å². The molecule has 2 rings (SSSR count). The summed E-state index contributed by atoms with van der Waals surface area (Å²) in [4.78, 5) is 4.54. The van der Waals surface area contributed by atoms with Crippen molar-refractivity contribution in [2.45, 2.75) is 43.9 Å². The number of thioether (sulfide) groups is 1. The second kappa shape index (κ2) is 5.21. The fourth-order valence-electron chi connectivity index (χ4n) is 2.00. The Labute approximate surface area is 99.9 Å². The standard InChI is InChI=1S/C11H18N2S2/c1-3-8-7-15-11(12-8)13-9-4-5-10(6-9)14-2/h7,9-10H,3-6H2,1-2H3,(H,12,13). The Morgan fingerprint density at radius 3 is 3.07 bits per heavy atom. The van der Waals surface area contributed by atoms with Gasteiger partial charge in [-0.15, -0.1) is 11.3 Å². The first-order valence-corrected chi connectivity index (χ1v) is 7.72. The largest absolute Gasteiger partial charge is 0.359 e. The summed E-state index contributed by atoms with van der Waals surface area (Å²) in [7, 11) is 0. The molecule has 15 heavy (non-hydrogen) atoms. The molecule has 2 nitrogen and oxygen atoms in total. The van der Waals surface area contributed by atoms with Crippen LogP contribution in [0.5, 0.6) is 0 Å². The minimum absolute atomic E-state index is 0.651. The number of anilines is 1. The van der Waals surface area contributed by atoms with Crippen molar-refractivity contribution >= 4 is 28.2 Å². The Morgan fingerprint density at radius 2 is 2.47 bits per heavy atom. The van der Waals surface area contributed by atoms with Gasteiger partial charge in [0.15, 0.2) is 5.13 Å². The molecule has 1 aliphatic carbocycles. The van der Waals surface area contributed by atoms with Crippen LogP contribution in [0.4, 0.5) is 5.13 Å². The third-order valence-corrected chi connectivity index (χ3v) is 4.88. The molecule has 0 aliphatic heterocycles. The first-order valence-electron chi connectivity index (χ1n) is 5.55. The third-order valence-electron chi connectivity index (χ3n) is 2.96. The minimum atomic E-state index is 0.651. The van der Waals surface area contributed by atoms with Crippen molar-refractivity contribution in [2.24, 2.45) is 0 Å². The maximum atomic E-state index is 4.54. The van der Waals surface area contributed by atoms with Crippen LogP contribution in [0.1, 0.15) is 31.9 Å². The molecule has 1 aliphatic rings. The SMILES string of the molecule is CCc1csc(NC2CCC(SC)C2)n1. The van der Waals surface area contributed by atoms with Crippen LogP contribution in [-0.2, 0) is 6.42 Å². The minimum Gasteiger partial charge on any atom is -0.359 e. The molecule has 0 bridgehead atoms. The van der Waals surface area contributed by atoms with E-state index in [9.17, 15) is 0 Å². The van der Waals surface area contributed by atoms with Gasteiger partial charge in [-0.25, -0.2) is 4.98 Å². The molecule has 0 amide bonds. The van der Waals surface area contributed by atoms with Gasteiger partial charge in [0.1, 0.15) is 0 Å². The van der Waals surface area contributed by atoms with Gasteiger partial charge in [-0.05, 0) is 31.9 Å². The highest BCUT2D eigenvalue weighted by atomic mass is 32.2. The number of nitrogens with one attached hydrogen (secondary N) is 1. The number of nitrogens with zero attached hydrogens (tertiary/aromatic N) is 1. The van der Waals surface area contributed by atoms with E-state index in [0.29, 0.717) is 6.04 Å². The molecule has 0 radical (unpaired) electrons. The predicted octanol–water partition coefficient (Wildman–Crippen LogP) is 3.40. The number of rotatable bonds is 4. The van der Waals surface area contributed by atoms with Gasteiger partial charge in [0.2, 0.25) is 0 Å². The van der Waals surface area contributed by atoms with E-state index in [-0.39, 0.29) is 0 Å². The van der Waals surface area contributed by atoms with E-state index < -0.39 is 0 Å². The maximum Gasteiger partial charge on any atom is 0.183 e. The summed E-state index contributed by atoms with van der Waals surface area (Å²) in [6, 6.07) is 0.651.